The van der Waals surface area contributed by atoms with Crippen molar-refractivity contribution in [2.45, 2.75) is 25.8 Å². The zero-order valence-electron chi connectivity index (χ0n) is 16.8. The minimum atomic E-state index is 0.290. The fraction of sp³-hybridized carbons (Fsp3) is 0.500. The monoisotopic (exact) mass is 399 g/mol. The summed E-state index contributed by atoms with van der Waals surface area (Å²) in [6.45, 7) is 7.56. The topological polar surface area (TPSA) is 36.0 Å². The van der Waals surface area contributed by atoms with Crippen molar-refractivity contribution < 1.29 is 9.53 Å². The van der Waals surface area contributed by atoms with E-state index >= 15 is 0 Å². The molecule has 28 heavy (non-hydrogen) atoms. The van der Waals surface area contributed by atoms with Crippen molar-refractivity contribution >= 4 is 22.9 Å². The van der Waals surface area contributed by atoms with Crippen LogP contribution in [-0.2, 0) is 11.2 Å². The van der Waals surface area contributed by atoms with Gasteiger partial charge in [0.25, 0.3) is 0 Å². The zero-order valence-corrected chi connectivity index (χ0v) is 17.6. The fourth-order valence-electron chi connectivity index (χ4n) is 4.27. The molecule has 5 nitrogen and oxygen atoms in total. The molecule has 3 heterocycles. The van der Waals surface area contributed by atoms with Crippen molar-refractivity contribution in [1.29, 1.82) is 0 Å². The summed E-state index contributed by atoms with van der Waals surface area (Å²) in [5, 5.41) is 2.19. The van der Waals surface area contributed by atoms with E-state index in [0.29, 0.717) is 12.5 Å². The van der Waals surface area contributed by atoms with Gasteiger partial charge in [0, 0.05) is 62.3 Å². The van der Waals surface area contributed by atoms with E-state index in [4.69, 9.17) is 4.74 Å². The van der Waals surface area contributed by atoms with E-state index in [0.717, 1.165) is 51.4 Å². The lowest BCUT2D eigenvalue weighted by atomic mass is 10.0. The van der Waals surface area contributed by atoms with E-state index in [1.165, 1.54) is 16.1 Å². The second-order valence-corrected chi connectivity index (χ2v) is 8.58. The van der Waals surface area contributed by atoms with Crippen molar-refractivity contribution in [2.75, 3.05) is 51.3 Å². The van der Waals surface area contributed by atoms with Crippen LogP contribution in [0.4, 0.5) is 5.69 Å². The van der Waals surface area contributed by atoms with Crippen LogP contribution in [0.25, 0.3) is 0 Å². The van der Waals surface area contributed by atoms with Gasteiger partial charge in [-0.05, 0) is 54.6 Å². The largest absolute Gasteiger partial charge is 0.497 e. The summed E-state index contributed by atoms with van der Waals surface area (Å²) in [6.07, 6.45) is 1.73. The Morgan fingerprint density at radius 3 is 2.57 bits per heavy atom. The van der Waals surface area contributed by atoms with Gasteiger partial charge in [0.15, 0.2) is 0 Å². The van der Waals surface area contributed by atoms with Crippen molar-refractivity contribution in [3.05, 3.63) is 46.2 Å². The maximum absolute atomic E-state index is 12.7. The molecular weight excluding hydrogens is 370 g/mol. The third-order valence-electron chi connectivity index (χ3n) is 6.09. The summed E-state index contributed by atoms with van der Waals surface area (Å²) in [5.74, 6) is 1.16. The quantitative estimate of drug-likeness (QED) is 0.772. The summed E-state index contributed by atoms with van der Waals surface area (Å²) in [4.78, 5) is 21.1. The van der Waals surface area contributed by atoms with E-state index in [9.17, 15) is 4.79 Å². The van der Waals surface area contributed by atoms with Gasteiger partial charge in [-0.25, -0.2) is 0 Å². The third kappa shape index (κ3) is 4.03. The molecule has 150 valence electrons. The first-order chi connectivity index (χ1) is 13.7. The summed E-state index contributed by atoms with van der Waals surface area (Å²) in [7, 11) is 1.68. The van der Waals surface area contributed by atoms with Gasteiger partial charge in [-0.3, -0.25) is 9.69 Å². The molecule has 6 heteroatoms. The van der Waals surface area contributed by atoms with Crippen LogP contribution in [0.2, 0.25) is 0 Å². The Bertz CT molecular complexity index is 796. The van der Waals surface area contributed by atoms with Crippen molar-refractivity contribution in [1.82, 2.24) is 9.80 Å². The van der Waals surface area contributed by atoms with Gasteiger partial charge in [0.05, 0.1) is 7.11 Å². The van der Waals surface area contributed by atoms with E-state index < -0.39 is 0 Å². The normalized spacial score (nSPS) is 20.1. The van der Waals surface area contributed by atoms with Gasteiger partial charge in [-0.2, -0.15) is 0 Å². The Labute approximate surface area is 171 Å². The standard InChI is InChI=1S/C22H29N3O2S/c1-17-20-9-16-28-21(20)7-10-23(17)11-8-22(26)25-14-12-24(13-15-25)18-3-5-19(27-2)6-4-18/h3-6,9,16-17H,7-8,10-15H2,1-2H3/t17-/m0/s1. The van der Waals surface area contributed by atoms with E-state index in [-0.39, 0.29) is 5.91 Å². The van der Waals surface area contributed by atoms with Gasteiger partial charge in [0.2, 0.25) is 5.91 Å². The molecule has 0 bridgehead atoms. The van der Waals surface area contributed by atoms with Crippen LogP contribution in [0.1, 0.15) is 29.8 Å². The van der Waals surface area contributed by atoms with Crippen LogP contribution < -0.4 is 9.64 Å². The second-order valence-electron chi connectivity index (χ2n) is 7.58. The number of hydrogen-bond acceptors (Lipinski definition) is 5. The number of amides is 1. The number of thiophene rings is 1. The summed E-state index contributed by atoms with van der Waals surface area (Å²) in [6, 6.07) is 10.8. The summed E-state index contributed by atoms with van der Waals surface area (Å²) >= 11 is 1.87. The number of methoxy groups -OCH3 is 1. The first-order valence-electron chi connectivity index (χ1n) is 10.1. The van der Waals surface area contributed by atoms with Crippen LogP contribution in [0, 0.1) is 0 Å². The van der Waals surface area contributed by atoms with Gasteiger partial charge >= 0.3 is 0 Å². The van der Waals surface area contributed by atoms with Gasteiger partial charge in [-0.1, -0.05) is 0 Å². The molecule has 1 aromatic carbocycles. The molecule has 1 saturated heterocycles. The number of rotatable bonds is 5. The Morgan fingerprint density at radius 2 is 1.86 bits per heavy atom. The molecule has 2 aromatic rings. The highest BCUT2D eigenvalue weighted by Gasteiger charge is 2.26. The van der Waals surface area contributed by atoms with Crippen LogP contribution in [0.15, 0.2) is 35.7 Å². The molecule has 1 fully saturated rings. The minimum Gasteiger partial charge on any atom is -0.497 e. The summed E-state index contributed by atoms with van der Waals surface area (Å²) in [5.41, 5.74) is 2.65. The average Bonchev–Trinajstić information content (AvgIpc) is 3.23. The molecule has 0 N–H and O–H groups in total. The second kappa shape index (κ2) is 8.53. The molecule has 1 aromatic heterocycles. The highest BCUT2D eigenvalue weighted by molar-refractivity contribution is 7.10. The van der Waals surface area contributed by atoms with Crippen LogP contribution in [0.3, 0.4) is 0 Å². The number of piperazine rings is 1. The van der Waals surface area contributed by atoms with E-state index in [2.05, 4.69) is 40.3 Å². The third-order valence-corrected chi connectivity index (χ3v) is 7.08. The molecule has 0 unspecified atom stereocenters. The Morgan fingerprint density at radius 1 is 1.11 bits per heavy atom. The number of carbonyl (C=O) groups excluding carboxylic acids is 1. The van der Waals surface area contributed by atoms with Crippen molar-refractivity contribution in [3.8, 4) is 5.75 Å². The number of anilines is 1. The molecule has 2 aliphatic heterocycles. The van der Waals surface area contributed by atoms with Crippen molar-refractivity contribution in [3.63, 3.8) is 0 Å². The molecule has 0 saturated carbocycles. The predicted molar refractivity (Wildman–Crippen MR) is 114 cm³/mol. The van der Waals surface area contributed by atoms with Crippen LogP contribution >= 0.6 is 11.3 Å². The minimum absolute atomic E-state index is 0.290. The fourth-order valence-corrected chi connectivity index (χ4v) is 5.23. The maximum atomic E-state index is 12.7. The Hall–Kier alpha value is -2.05. The molecular formula is C22H29N3O2S. The average molecular weight is 400 g/mol. The molecule has 1 amide bonds. The highest BCUT2D eigenvalue weighted by atomic mass is 32.1. The van der Waals surface area contributed by atoms with Gasteiger partial charge in [0.1, 0.15) is 5.75 Å². The van der Waals surface area contributed by atoms with Gasteiger partial charge in [-0.15, -0.1) is 11.3 Å². The van der Waals surface area contributed by atoms with E-state index in [1.807, 2.05) is 28.4 Å². The number of carbonyl (C=O) groups is 1. The first kappa shape index (κ1) is 19.3. The zero-order chi connectivity index (χ0) is 19.5. The lowest BCUT2D eigenvalue weighted by Gasteiger charge is -2.37. The molecule has 1 atom stereocenters. The number of benzene rings is 1. The lowest BCUT2D eigenvalue weighted by molar-refractivity contribution is -0.132. The number of fused-ring (bicyclic) bond motifs is 1. The number of nitrogens with zero attached hydrogens (tertiary/aromatic N) is 3. The van der Waals surface area contributed by atoms with Crippen molar-refractivity contribution in [2.24, 2.45) is 0 Å². The number of ether oxygens (including phenoxy) is 1. The number of hydrogen-bond donors (Lipinski definition) is 0. The molecule has 4 rings (SSSR count). The smallest absolute Gasteiger partial charge is 0.223 e. The lowest BCUT2D eigenvalue weighted by Crippen LogP contribution is -2.49. The van der Waals surface area contributed by atoms with E-state index in [1.54, 1.807) is 7.11 Å². The Kier molecular flexibility index (Phi) is 5.87. The van der Waals surface area contributed by atoms with Crippen LogP contribution in [0.5, 0.6) is 5.75 Å². The van der Waals surface area contributed by atoms with Crippen LogP contribution in [-0.4, -0.2) is 62.1 Å². The highest BCUT2D eigenvalue weighted by Crippen LogP contribution is 2.32. The maximum Gasteiger partial charge on any atom is 0.223 e. The first-order valence-corrected chi connectivity index (χ1v) is 11.0. The molecule has 0 radical (unpaired) electrons. The summed E-state index contributed by atoms with van der Waals surface area (Å²) < 4.78 is 5.23. The molecule has 0 aliphatic carbocycles. The van der Waals surface area contributed by atoms with Gasteiger partial charge < -0.3 is 14.5 Å². The SMILES string of the molecule is COc1ccc(N2CCN(C(=O)CCN3CCc4sccc4[C@@H]3C)CC2)cc1. The Balaban J connectivity index is 1.25. The predicted octanol–water partition coefficient (Wildman–Crippen LogP) is 3.41. The molecule has 2 aliphatic rings. The molecule has 0 spiro atoms.